The molecule has 0 bridgehead atoms. The van der Waals surface area contributed by atoms with Crippen LogP contribution in [-0.4, -0.2) is 19.4 Å². The Balaban J connectivity index is 3.50. The third-order valence-electron chi connectivity index (χ3n) is 3.39. The number of sulfone groups is 1. The predicted octanol–water partition coefficient (Wildman–Crippen LogP) is 2.03. The molecule has 0 amide bonds. The van der Waals surface area contributed by atoms with Gasteiger partial charge in [-0.25, -0.2) is 8.42 Å². The Morgan fingerprint density at radius 1 is 1.20 bits per heavy atom. The first-order valence-electron chi connectivity index (χ1n) is 5.74. The molecular formula is C12H17F3N2O2S. The molecule has 0 aromatic heterocycles. The summed E-state index contributed by atoms with van der Waals surface area (Å²) in [5.41, 5.74) is 1.10. The largest absolute Gasteiger partial charge is 0.416 e. The van der Waals surface area contributed by atoms with E-state index in [2.05, 4.69) is 5.43 Å². The lowest BCUT2D eigenvalue weighted by Crippen LogP contribution is -2.48. The normalized spacial score (nSPS) is 15.2. The number of rotatable bonds is 4. The third kappa shape index (κ3) is 3.13. The van der Waals surface area contributed by atoms with Crippen molar-refractivity contribution in [2.24, 2.45) is 5.84 Å². The van der Waals surface area contributed by atoms with Crippen molar-refractivity contribution in [3.8, 4) is 0 Å². The molecule has 20 heavy (non-hydrogen) atoms. The summed E-state index contributed by atoms with van der Waals surface area (Å²) in [6.45, 7) is 2.67. The van der Waals surface area contributed by atoms with Crippen LogP contribution in [0.25, 0.3) is 0 Å². The van der Waals surface area contributed by atoms with Gasteiger partial charge in [0.1, 0.15) is 0 Å². The zero-order valence-corrected chi connectivity index (χ0v) is 12.1. The topological polar surface area (TPSA) is 72.2 Å². The number of nitrogens with one attached hydrogen (secondary N) is 1. The van der Waals surface area contributed by atoms with Crippen LogP contribution in [0.5, 0.6) is 0 Å². The minimum absolute atomic E-state index is 0.196. The maximum atomic E-state index is 13.0. The second-order valence-corrected chi connectivity index (χ2v) is 7.66. The second kappa shape index (κ2) is 5.34. The summed E-state index contributed by atoms with van der Waals surface area (Å²) >= 11 is 0. The lowest BCUT2D eigenvalue weighted by Gasteiger charge is -2.33. The maximum Gasteiger partial charge on any atom is 0.416 e. The Kier molecular flexibility index (Phi) is 4.52. The van der Waals surface area contributed by atoms with Crippen LogP contribution < -0.4 is 11.3 Å². The number of hydrazine groups is 1. The molecule has 4 nitrogen and oxygen atoms in total. The van der Waals surface area contributed by atoms with E-state index in [0.717, 1.165) is 12.3 Å². The molecule has 0 heterocycles. The number of halogens is 3. The highest BCUT2D eigenvalue weighted by Crippen LogP contribution is 2.39. The van der Waals surface area contributed by atoms with Crippen molar-refractivity contribution < 1.29 is 21.6 Å². The van der Waals surface area contributed by atoms with Gasteiger partial charge in [0.25, 0.3) is 0 Å². The monoisotopic (exact) mass is 310 g/mol. The van der Waals surface area contributed by atoms with E-state index in [4.69, 9.17) is 5.84 Å². The average molecular weight is 310 g/mol. The van der Waals surface area contributed by atoms with E-state index in [1.807, 2.05) is 0 Å². The summed E-state index contributed by atoms with van der Waals surface area (Å²) in [5, 5.41) is 0. The van der Waals surface area contributed by atoms with Crippen molar-refractivity contribution >= 4 is 9.84 Å². The Labute approximate surface area is 116 Å². The molecule has 0 spiro atoms. The standard InChI is InChI=1S/C12H17F3N2O2S/c1-11(2,20(3,18)19)10(17-16)8-6-4-5-7-9(8)12(13,14)15/h4-7,10,17H,16H2,1-3H3. The Morgan fingerprint density at radius 2 is 1.70 bits per heavy atom. The molecule has 1 aromatic carbocycles. The molecule has 0 aliphatic rings. The number of hydrogen-bond acceptors (Lipinski definition) is 4. The highest BCUT2D eigenvalue weighted by molar-refractivity contribution is 7.92. The second-order valence-electron chi connectivity index (χ2n) is 5.06. The summed E-state index contributed by atoms with van der Waals surface area (Å²) in [6, 6.07) is 3.59. The van der Waals surface area contributed by atoms with Gasteiger partial charge in [-0.1, -0.05) is 18.2 Å². The summed E-state index contributed by atoms with van der Waals surface area (Å²) < 4.78 is 61.2. The first-order valence-corrected chi connectivity index (χ1v) is 7.64. The molecule has 3 N–H and O–H groups in total. The van der Waals surface area contributed by atoms with Crippen LogP contribution in [0.15, 0.2) is 24.3 Å². The molecule has 114 valence electrons. The van der Waals surface area contributed by atoms with Crippen LogP contribution in [0.4, 0.5) is 13.2 Å². The van der Waals surface area contributed by atoms with Crippen LogP contribution in [0.3, 0.4) is 0 Å². The average Bonchev–Trinajstić information content (AvgIpc) is 2.27. The van der Waals surface area contributed by atoms with Crippen LogP contribution in [0.2, 0.25) is 0 Å². The van der Waals surface area contributed by atoms with Gasteiger partial charge in [-0.05, 0) is 25.5 Å². The summed E-state index contributed by atoms with van der Waals surface area (Å²) in [4.78, 5) is 0. The van der Waals surface area contributed by atoms with E-state index < -0.39 is 32.4 Å². The number of nitrogens with two attached hydrogens (primary N) is 1. The molecule has 1 aromatic rings. The van der Waals surface area contributed by atoms with Gasteiger partial charge < -0.3 is 0 Å². The molecule has 1 rings (SSSR count). The highest BCUT2D eigenvalue weighted by atomic mass is 32.2. The van der Waals surface area contributed by atoms with Crippen LogP contribution in [-0.2, 0) is 16.0 Å². The highest BCUT2D eigenvalue weighted by Gasteiger charge is 2.43. The number of alkyl halides is 3. The Bertz CT molecular complexity index is 583. The predicted molar refractivity (Wildman–Crippen MR) is 70.4 cm³/mol. The van der Waals surface area contributed by atoms with Gasteiger partial charge in [-0.2, -0.15) is 13.2 Å². The van der Waals surface area contributed by atoms with E-state index in [1.54, 1.807) is 0 Å². The molecule has 0 aliphatic heterocycles. The Hall–Kier alpha value is -1.12. The van der Waals surface area contributed by atoms with Crippen molar-refractivity contribution in [1.29, 1.82) is 0 Å². The van der Waals surface area contributed by atoms with E-state index >= 15 is 0 Å². The van der Waals surface area contributed by atoms with Crippen molar-refractivity contribution in [3.05, 3.63) is 35.4 Å². The molecule has 0 fully saturated rings. The third-order valence-corrected chi connectivity index (χ3v) is 5.54. The van der Waals surface area contributed by atoms with Crippen LogP contribution in [0.1, 0.15) is 31.0 Å². The maximum absolute atomic E-state index is 13.0. The lowest BCUT2D eigenvalue weighted by atomic mass is 9.91. The molecule has 0 radical (unpaired) electrons. The van der Waals surface area contributed by atoms with Gasteiger partial charge in [-0.3, -0.25) is 11.3 Å². The fourth-order valence-corrected chi connectivity index (χ4v) is 2.51. The van der Waals surface area contributed by atoms with Crippen molar-refractivity contribution in [3.63, 3.8) is 0 Å². The van der Waals surface area contributed by atoms with Gasteiger partial charge in [0.15, 0.2) is 9.84 Å². The van der Waals surface area contributed by atoms with Crippen LogP contribution >= 0.6 is 0 Å². The van der Waals surface area contributed by atoms with Crippen molar-refractivity contribution in [2.45, 2.75) is 30.8 Å². The lowest BCUT2D eigenvalue weighted by molar-refractivity contribution is -0.138. The molecule has 1 atom stereocenters. The molecule has 0 aliphatic carbocycles. The zero-order valence-electron chi connectivity index (χ0n) is 11.3. The van der Waals surface area contributed by atoms with Gasteiger partial charge in [-0.15, -0.1) is 0 Å². The number of hydrogen-bond donors (Lipinski definition) is 2. The summed E-state index contributed by atoms with van der Waals surface area (Å²) in [7, 11) is -3.63. The minimum atomic E-state index is -4.58. The quantitative estimate of drug-likeness (QED) is 0.659. The van der Waals surface area contributed by atoms with E-state index in [0.29, 0.717) is 0 Å². The molecule has 1 unspecified atom stereocenters. The Morgan fingerprint density at radius 3 is 2.10 bits per heavy atom. The molecule has 0 saturated heterocycles. The fraction of sp³-hybridized carbons (Fsp3) is 0.500. The smallest absolute Gasteiger partial charge is 0.271 e. The number of benzene rings is 1. The molecular weight excluding hydrogens is 293 g/mol. The SMILES string of the molecule is CC(C)(C(NN)c1ccccc1C(F)(F)F)S(C)(=O)=O. The van der Waals surface area contributed by atoms with E-state index in [1.165, 1.54) is 32.0 Å². The van der Waals surface area contributed by atoms with Gasteiger partial charge in [0.2, 0.25) is 0 Å². The summed E-state index contributed by atoms with van der Waals surface area (Å²) in [5.74, 6) is 5.32. The first kappa shape index (κ1) is 16.9. The fourth-order valence-electron chi connectivity index (χ4n) is 1.89. The zero-order chi connectivity index (χ0) is 15.8. The molecule has 8 heteroatoms. The van der Waals surface area contributed by atoms with Crippen molar-refractivity contribution in [1.82, 2.24) is 5.43 Å². The minimum Gasteiger partial charge on any atom is -0.271 e. The van der Waals surface area contributed by atoms with Gasteiger partial charge in [0, 0.05) is 6.26 Å². The first-order chi connectivity index (χ1) is 8.93. The van der Waals surface area contributed by atoms with Gasteiger partial charge in [0.05, 0.1) is 16.4 Å². The molecule has 0 saturated carbocycles. The van der Waals surface area contributed by atoms with Crippen molar-refractivity contribution in [2.75, 3.05) is 6.26 Å². The van der Waals surface area contributed by atoms with Gasteiger partial charge >= 0.3 is 6.18 Å². The van der Waals surface area contributed by atoms with Crippen LogP contribution in [0, 0.1) is 0 Å². The van der Waals surface area contributed by atoms with E-state index in [-0.39, 0.29) is 5.56 Å². The van der Waals surface area contributed by atoms with E-state index in [9.17, 15) is 21.6 Å². The summed E-state index contributed by atoms with van der Waals surface area (Å²) in [6.07, 6.45) is -3.62.